The van der Waals surface area contributed by atoms with E-state index in [1.165, 1.54) is 0 Å². The third-order valence-corrected chi connectivity index (χ3v) is 5.96. The highest BCUT2D eigenvalue weighted by Gasteiger charge is 2.61. The first-order chi connectivity index (χ1) is 13.5. The Bertz CT molecular complexity index is 974. The van der Waals surface area contributed by atoms with Gasteiger partial charge in [0, 0.05) is 31.2 Å². The molecule has 2 aromatic rings. The van der Waals surface area contributed by atoms with Crippen LogP contribution < -0.4 is 15.0 Å². The SMILES string of the molecule is CN1C(=O)[C@@H]2CCC[C@@]23ON=C(c2ccc([NH+]([O-])O)cc2)N3c2ccccc21. The topological polar surface area (TPSA) is 92.9 Å². The Labute approximate surface area is 161 Å². The van der Waals surface area contributed by atoms with E-state index < -0.39 is 11.0 Å². The number of fused-ring (bicyclic) bond motifs is 2. The summed E-state index contributed by atoms with van der Waals surface area (Å²) in [4.78, 5) is 23.0. The molecule has 2 N–H and O–H groups in total. The minimum absolute atomic E-state index is 0.0325. The van der Waals surface area contributed by atoms with Gasteiger partial charge in [0.25, 0.3) is 0 Å². The van der Waals surface area contributed by atoms with E-state index in [4.69, 9.17) is 10.0 Å². The molecule has 1 spiro atoms. The lowest BCUT2D eigenvalue weighted by Gasteiger charge is -2.36. The van der Waals surface area contributed by atoms with Crippen LogP contribution in [0.1, 0.15) is 24.8 Å². The minimum atomic E-state index is -0.976. The van der Waals surface area contributed by atoms with Gasteiger partial charge < -0.3 is 14.9 Å². The molecule has 1 aliphatic carbocycles. The number of nitrogens with zero attached hydrogens (tertiary/aromatic N) is 3. The highest BCUT2D eigenvalue weighted by molar-refractivity contribution is 6.16. The number of para-hydroxylation sites is 2. The average Bonchev–Trinajstić information content (AvgIpc) is 3.30. The van der Waals surface area contributed by atoms with Crippen LogP contribution in [0.5, 0.6) is 0 Å². The zero-order valence-corrected chi connectivity index (χ0v) is 15.3. The number of rotatable bonds is 2. The molecule has 1 amide bonds. The summed E-state index contributed by atoms with van der Waals surface area (Å²) in [6.07, 6.45) is 2.32. The summed E-state index contributed by atoms with van der Waals surface area (Å²) in [5.74, 6) is 0.314. The molecule has 1 unspecified atom stereocenters. The van der Waals surface area contributed by atoms with Gasteiger partial charge in [0.15, 0.2) is 11.5 Å². The second-order valence-corrected chi connectivity index (χ2v) is 7.40. The summed E-state index contributed by atoms with van der Waals surface area (Å²) in [5.41, 5.74) is 1.80. The molecule has 1 saturated carbocycles. The summed E-state index contributed by atoms with van der Waals surface area (Å²) in [7, 11) is 1.80. The van der Waals surface area contributed by atoms with Crippen LogP contribution in [0.2, 0.25) is 0 Å². The predicted octanol–water partition coefficient (Wildman–Crippen LogP) is 1.76. The van der Waals surface area contributed by atoms with Crippen molar-refractivity contribution in [2.45, 2.75) is 25.0 Å². The van der Waals surface area contributed by atoms with E-state index in [0.29, 0.717) is 12.3 Å². The lowest BCUT2D eigenvalue weighted by molar-refractivity contribution is -0.991. The maximum absolute atomic E-state index is 13.2. The van der Waals surface area contributed by atoms with Crippen molar-refractivity contribution in [2.75, 3.05) is 16.8 Å². The highest BCUT2D eigenvalue weighted by Crippen LogP contribution is 2.52. The number of carbonyl (C=O) groups excluding carboxylic acids is 1. The lowest BCUT2D eigenvalue weighted by atomic mass is 9.96. The van der Waals surface area contributed by atoms with Crippen molar-refractivity contribution >= 4 is 28.8 Å². The molecule has 0 aromatic heterocycles. The number of quaternary nitrogens is 1. The molecular weight excluding hydrogens is 360 g/mol. The van der Waals surface area contributed by atoms with E-state index >= 15 is 0 Å². The van der Waals surface area contributed by atoms with Gasteiger partial charge in [0.2, 0.25) is 11.6 Å². The quantitative estimate of drug-likeness (QED) is 0.775. The van der Waals surface area contributed by atoms with Crippen molar-refractivity contribution in [1.82, 2.24) is 0 Å². The molecule has 2 aliphatic heterocycles. The van der Waals surface area contributed by atoms with E-state index in [9.17, 15) is 10.0 Å². The highest BCUT2D eigenvalue weighted by atomic mass is 16.8. The minimum Gasteiger partial charge on any atom is -0.595 e. The molecule has 3 aliphatic rings. The van der Waals surface area contributed by atoms with E-state index in [2.05, 4.69) is 5.16 Å². The Morgan fingerprint density at radius 2 is 1.93 bits per heavy atom. The van der Waals surface area contributed by atoms with Gasteiger partial charge in [-0.3, -0.25) is 9.69 Å². The van der Waals surface area contributed by atoms with Crippen molar-refractivity contribution < 1.29 is 20.1 Å². The summed E-state index contributed by atoms with van der Waals surface area (Å²) in [6, 6.07) is 14.3. The Kier molecular flexibility index (Phi) is 3.70. The number of hydrogen-bond acceptors (Lipinski definition) is 6. The summed E-state index contributed by atoms with van der Waals surface area (Å²) in [5, 5.41) is 23.8. The number of oxime groups is 1. The van der Waals surface area contributed by atoms with Crippen molar-refractivity contribution in [1.29, 1.82) is 0 Å². The zero-order valence-electron chi connectivity index (χ0n) is 15.3. The third kappa shape index (κ3) is 2.22. The van der Waals surface area contributed by atoms with Gasteiger partial charge in [-0.25, -0.2) is 5.21 Å². The number of carbonyl (C=O) groups is 1. The molecular formula is C20H20N4O4. The first-order valence-corrected chi connectivity index (χ1v) is 9.30. The Balaban J connectivity index is 1.67. The summed E-state index contributed by atoms with van der Waals surface area (Å²) >= 11 is 0. The molecule has 28 heavy (non-hydrogen) atoms. The zero-order chi connectivity index (χ0) is 19.5. The number of anilines is 2. The molecule has 8 nitrogen and oxygen atoms in total. The molecule has 5 rings (SSSR count). The van der Waals surface area contributed by atoms with Crippen LogP contribution >= 0.6 is 0 Å². The van der Waals surface area contributed by atoms with E-state index in [0.717, 1.165) is 29.8 Å². The first-order valence-electron chi connectivity index (χ1n) is 9.30. The fraction of sp³-hybridized carbons (Fsp3) is 0.300. The molecule has 2 aromatic carbocycles. The number of nitrogens with one attached hydrogen (secondary N) is 1. The number of amidine groups is 1. The largest absolute Gasteiger partial charge is 0.595 e. The van der Waals surface area contributed by atoms with Crippen molar-refractivity contribution in [3.05, 3.63) is 59.3 Å². The van der Waals surface area contributed by atoms with Crippen LogP contribution in [0.4, 0.5) is 17.1 Å². The normalized spacial score (nSPS) is 26.8. The Morgan fingerprint density at radius 1 is 1.21 bits per heavy atom. The Morgan fingerprint density at radius 3 is 2.64 bits per heavy atom. The molecule has 0 bridgehead atoms. The Hall–Kier alpha value is -2.94. The molecule has 1 fully saturated rings. The number of benzene rings is 2. The van der Waals surface area contributed by atoms with Gasteiger partial charge in [-0.05, 0) is 37.1 Å². The maximum atomic E-state index is 13.2. The van der Waals surface area contributed by atoms with E-state index in [1.54, 1.807) is 36.2 Å². The molecule has 0 saturated heterocycles. The van der Waals surface area contributed by atoms with E-state index in [1.807, 2.05) is 29.2 Å². The second-order valence-electron chi connectivity index (χ2n) is 7.40. The molecule has 144 valence electrons. The van der Waals surface area contributed by atoms with Gasteiger partial charge in [-0.1, -0.05) is 17.3 Å². The predicted molar refractivity (Wildman–Crippen MR) is 102 cm³/mol. The van der Waals surface area contributed by atoms with Gasteiger partial charge in [-0.15, -0.1) is 0 Å². The number of hydrogen-bond donors (Lipinski definition) is 2. The van der Waals surface area contributed by atoms with Gasteiger partial charge in [-0.2, -0.15) is 5.23 Å². The maximum Gasteiger partial charge on any atom is 0.236 e. The average molecular weight is 380 g/mol. The number of amides is 1. The van der Waals surface area contributed by atoms with Crippen LogP contribution in [0, 0.1) is 11.1 Å². The standard InChI is InChI=1S/C20H20N4O4/c1-22-16-6-2-3-7-17(16)23-18(13-8-10-14(11-9-13)24(26)27)21-28-20(23)12-4-5-15(20)19(22)25/h2-3,6-11,15,24,26H,4-5,12H2,1H3/t15-,20+/m0/s1. The molecule has 3 atom stereocenters. The van der Waals surface area contributed by atoms with Crippen molar-refractivity contribution in [2.24, 2.45) is 11.1 Å². The third-order valence-electron chi connectivity index (χ3n) is 5.96. The second kappa shape index (κ2) is 6.03. The lowest BCUT2D eigenvalue weighted by Crippen LogP contribution is -2.99. The van der Waals surface area contributed by atoms with E-state index in [-0.39, 0.29) is 17.5 Å². The smallest absolute Gasteiger partial charge is 0.236 e. The van der Waals surface area contributed by atoms with Gasteiger partial charge in [0.05, 0.1) is 11.4 Å². The molecule has 8 heteroatoms. The summed E-state index contributed by atoms with van der Waals surface area (Å²) in [6.45, 7) is 0. The van der Waals surface area contributed by atoms with Crippen LogP contribution in [0.25, 0.3) is 0 Å². The van der Waals surface area contributed by atoms with Crippen LogP contribution in [-0.2, 0) is 9.63 Å². The van der Waals surface area contributed by atoms with Crippen molar-refractivity contribution in [3.8, 4) is 0 Å². The monoisotopic (exact) mass is 380 g/mol. The molecule has 0 radical (unpaired) electrons. The van der Waals surface area contributed by atoms with Crippen molar-refractivity contribution in [3.63, 3.8) is 0 Å². The first kappa shape index (κ1) is 17.2. The van der Waals surface area contributed by atoms with Crippen LogP contribution in [-0.4, -0.2) is 29.7 Å². The van der Waals surface area contributed by atoms with Crippen LogP contribution in [0.3, 0.4) is 0 Å². The van der Waals surface area contributed by atoms with Crippen LogP contribution in [0.15, 0.2) is 53.7 Å². The summed E-state index contributed by atoms with van der Waals surface area (Å²) < 4.78 is 0. The molecule has 2 heterocycles. The fourth-order valence-electron chi connectivity index (χ4n) is 4.59. The van der Waals surface area contributed by atoms with Gasteiger partial charge >= 0.3 is 0 Å². The fourth-order valence-corrected chi connectivity index (χ4v) is 4.59. The van der Waals surface area contributed by atoms with Gasteiger partial charge in [0.1, 0.15) is 5.92 Å².